The third kappa shape index (κ3) is 3.01. The average Bonchev–Trinajstić information content (AvgIpc) is 2.32. The van der Waals surface area contributed by atoms with Gasteiger partial charge in [-0.25, -0.2) is 14.4 Å². The third-order valence-corrected chi connectivity index (χ3v) is 3.23. The van der Waals surface area contributed by atoms with E-state index in [1.165, 1.54) is 30.2 Å². The number of hydrogen-bond donors (Lipinski definition) is 1. The van der Waals surface area contributed by atoms with Crippen LogP contribution in [-0.2, 0) is 0 Å². The predicted octanol–water partition coefficient (Wildman–Crippen LogP) is 2.82. The van der Waals surface area contributed by atoms with Crippen LogP contribution in [-0.4, -0.2) is 15.1 Å². The molecule has 1 unspecified atom stereocenters. The van der Waals surface area contributed by atoms with Crippen LogP contribution in [0.5, 0.6) is 0 Å². The molecule has 0 saturated carbocycles. The molecular weight excluding hydrogens is 239 g/mol. The summed E-state index contributed by atoms with van der Waals surface area (Å²) in [5, 5.41) is 10.4. The van der Waals surface area contributed by atoms with E-state index in [2.05, 4.69) is 9.97 Å². The number of benzene rings is 1. The first-order valence-electron chi connectivity index (χ1n) is 5.08. The summed E-state index contributed by atoms with van der Waals surface area (Å²) in [6.07, 6.45) is 2.38. The number of aliphatic hydroxyl groups is 1. The molecule has 88 valence electrons. The summed E-state index contributed by atoms with van der Waals surface area (Å²) in [5.74, 6) is -0.354. The van der Waals surface area contributed by atoms with Crippen molar-refractivity contribution >= 4 is 11.8 Å². The van der Waals surface area contributed by atoms with Crippen LogP contribution >= 0.6 is 11.8 Å². The molecule has 2 rings (SSSR count). The number of aliphatic hydroxyl groups excluding tert-OH is 1. The SMILES string of the molecule is CC(O)c1cc(F)ccc1Sc1ccncn1. The second-order valence-corrected chi connectivity index (χ2v) is 4.57. The molecule has 0 radical (unpaired) electrons. The second-order valence-electron chi connectivity index (χ2n) is 3.51. The average molecular weight is 250 g/mol. The second kappa shape index (κ2) is 5.25. The van der Waals surface area contributed by atoms with E-state index in [-0.39, 0.29) is 5.82 Å². The van der Waals surface area contributed by atoms with Crippen LogP contribution in [0.15, 0.2) is 46.7 Å². The molecule has 1 heterocycles. The Balaban J connectivity index is 2.33. The van der Waals surface area contributed by atoms with Crippen LogP contribution in [0.25, 0.3) is 0 Å². The maximum Gasteiger partial charge on any atom is 0.123 e. The first-order valence-corrected chi connectivity index (χ1v) is 5.90. The zero-order chi connectivity index (χ0) is 12.3. The molecule has 0 fully saturated rings. The molecular formula is C12H11FN2OS. The van der Waals surface area contributed by atoms with Crippen molar-refractivity contribution in [1.82, 2.24) is 9.97 Å². The Morgan fingerprint density at radius 3 is 2.82 bits per heavy atom. The van der Waals surface area contributed by atoms with Crippen molar-refractivity contribution in [2.45, 2.75) is 22.9 Å². The van der Waals surface area contributed by atoms with Crippen LogP contribution in [0.1, 0.15) is 18.6 Å². The number of rotatable bonds is 3. The van der Waals surface area contributed by atoms with Crippen molar-refractivity contribution in [2.75, 3.05) is 0 Å². The lowest BCUT2D eigenvalue weighted by atomic mass is 10.1. The van der Waals surface area contributed by atoms with Gasteiger partial charge in [-0.15, -0.1) is 0 Å². The molecule has 0 aliphatic carbocycles. The lowest BCUT2D eigenvalue weighted by Crippen LogP contribution is -1.95. The van der Waals surface area contributed by atoms with Crippen LogP contribution < -0.4 is 0 Å². The fraction of sp³-hybridized carbons (Fsp3) is 0.167. The van der Waals surface area contributed by atoms with E-state index in [0.717, 1.165) is 9.92 Å². The highest BCUT2D eigenvalue weighted by molar-refractivity contribution is 7.99. The lowest BCUT2D eigenvalue weighted by molar-refractivity contribution is 0.196. The molecule has 1 aromatic heterocycles. The van der Waals surface area contributed by atoms with Crippen molar-refractivity contribution < 1.29 is 9.50 Å². The van der Waals surface area contributed by atoms with Gasteiger partial charge in [0, 0.05) is 11.1 Å². The maximum atomic E-state index is 13.1. The zero-order valence-corrected chi connectivity index (χ0v) is 9.99. The Hall–Kier alpha value is -1.46. The van der Waals surface area contributed by atoms with Crippen molar-refractivity contribution in [3.05, 3.63) is 48.2 Å². The first kappa shape index (κ1) is 12.0. The molecule has 0 bridgehead atoms. The monoisotopic (exact) mass is 250 g/mol. The van der Waals surface area contributed by atoms with E-state index >= 15 is 0 Å². The summed E-state index contributed by atoms with van der Waals surface area (Å²) in [7, 11) is 0. The fourth-order valence-electron chi connectivity index (χ4n) is 1.39. The van der Waals surface area contributed by atoms with Crippen molar-refractivity contribution in [2.24, 2.45) is 0 Å². The van der Waals surface area contributed by atoms with Crippen molar-refractivity contribution in [1.29, 1.82) is 0 Å². The van der Waals surface area contributed by atoms with Gasteiger partial charge in [-0.1, -0.05) is 11.8 Å². The van der Waals surface area contributed by atoms with Gasteiger partial charge in [-0.3, -0.25) is 0 Å². The molecule has 2 aromatic rings. The fourth-order valence-corrected chi connectivity index (χ4v) is 2.33. The van der Waals surface area contributed by atoms with Gasteiger partial charge in [0.05, 0.1) is 6.10 Å². The normalized spacial score (nSPS) is 12.4. The summed E-state index contributed by atoms with van der Waals surface area (Å²) in [5.41, 5.74) is 0.564. The van der Waals surface area contributed by atoms with E-state index in [9.17, 15) is 9.50 Å². The summed E-state index contributed by atoms with van der Waals surface area (Å²) < 4.78 is 13.1. The molecule has 0 saturated heterocycles. The molecule has 3 nitrogen and oxygen atoms in total. The smallest absolute Gasteiger partial charge is 0.123 e. The van der Waals surface area contributed by atoms with Gasteiger partial charge in [-0.2, -0.15) is 0 Å². The van der Waals surface area contributed by atoms with Crippen LogP contribution in [0.3, 0.4) is 0 Å². The Morgan fingerprint density at radius 2 is 2.18 bits per heavy atom. The minimum Gasteiger partial charge on any atom is -0.389 e. The summed E-state index contributed by atoms with van der Waals surface area (Å²) in [6, 6.07) is 6.12. The molecule has 0 amide bonds. The lowest BCUT2D eigenvalue weighted by Gasteiger charge is -2.11. The zero-order valence-electron chi connectivity index (χ0n) is 9.17. The minimum atomic E-state index is -0.713. The van der Waals surface area contributed by atoms with Crippen molar-refractivity contribution in [3.63, 3.8) is 0 Å². The van der Waals surface area contributed by atoms with Gasteiger partial charge >= 0.3 is 0 Å². The highest BCUT2D eigenvalue weighted by Crippen LogP contribution is 2.32. The molecule has 1 atom stereocenters. The predicted molar refractivity (Wildman–Crippen MR) is 63.2 cm³/mol. The molecule has 1 N–H and O–H groups in total. The number of hydrogen-bond acceptors (Lipinski definition) is 4. The highest BCUT2D eigenvalue weighted by atomic mass is 32.2. The van der Waals surface area contributed by atoms with E-state index in [0.29, 0.717) is 5.56 Å². The number of nitrogens with zero attached hydrogens (tertiary/aromatic N) is 2. The van der Waals surface area contributed by atoms with Gasteiger partial charge < -0.3 is 5.11 Å². The van der Waals surface area contributed by atoms with E-state index in [1.54, 1.807) is 25.3 Å². The standard InChI is InChI=1S/C12H11FN2OS/c1-8(16)10-6-9(13)2-3-11(10)17-12-4-5-14-7-15-12/h2-8,16H,1H3. The van der Waals surface area contributed by atoms with E-state index in [4.69, 9.17) is 0 Å². The molecule has 0 aliphatic heterocycles. The molecule has 0 spiro atoms. The van der Waals surface area contributed by atoms with Gasteiger partial charge in [0.25, 0.3) is 0 Å². The Labute approximate surface area is 103 Å². The number of aromatic nitrogens is 2. The molecule has 5 heteroatoms. The molecule has 1 aromatic carbocycles. The molecule has 17 heavy (non-hydrogen) atoms. The first-order chi connectivity index (χ1) is 8.16. The topological polar surface area (TPSA) is 46.0 Å². The summed E-state index contributed by atoms with van der Waals surface area (Å²) in [6.45, 7) is 1.61. The number of halogens is 1. The van der Waals surface area contributed by atoms with E-state index < -0.39 is 6.10 Å². The van der Waals surface area contributed by atoms with Crippen LogP contribution in [0.4, 0.5) is 4.39 Å². The largest absolute Gasteiger partial charge is 0.389 e. The van der Waals surface area contributed by atoms with Gasteiger partial charge in [-0.05, 0) is 36.8 Å². The van der Waals surface area contributed by atoms with Crippen LogP contribution in [0.2, 0.25) is 0 Å². The maximum absolute atomic E-state index is 13.1. The Morgan fingerprint density at radius 1 is 1.35 bits per heavy atom. The summed E-state index contributed by atoms with van der Waals surface area (Å²) in [4.78, 5) is 8.69. The Kier molecular flexibility index (Phi) is 3.71. The quantitative estimate of drug-likeness (QED) is 0.851. The van der Waals surface area contributed by atoms with Crippen molar-refractivity contribution in [3.8, 4) is 0 Å². The van der Waals surface area contributed by atoms with Crippen LogP contribution in [0, 0.1) is 5.82 Å². The highest BCUT2D eigenvalue weighted by Gasteiger charge is 2.11. The minimum absolute atomic E-state index is 0.354. The third-order valence-electron chi connectivity index (χ3n) is 2.19. The molecule has 0 aliphatic rings. The Bertz CT molecular complexity index is 505. The van der Waals surface area contributed by atoms with Gasteiger partial charge in [0.15, 0.2) is 0 Å². The van der Waals surface area contributed by atoms with Gasteiger partial charge in [0.2, 0.25) is 0 Å². The van der Waals surface area contributed by atoms with Gasteiger partial charge in [0.1, 0.15) is 17.2 Å². The van der Waals surface area contributed by atoms with E-state index in [1.807, 2.05) is 0 Å². The summed E-state index contributed by atoms with van der Waals surface area (Å²) >= 11 is 1.37.